The first-order valence-electron chi connectivity index (χ1n) is 10.6. The minimum atomic E-state index is 0.552. The van der Waals surface area contributed by atoms with Gasteiger partial charge in [-0.15, -0.1) is 0 Å². The fourth-order valence-electron chi connectivity index (χ4n) is 3.92. The molecule has 1 fully saturated rings. The van der Waals surface area contributed by atoms with Crippen LogP contribution in [0.4, 0.5) is 17.1 Å². The van der Waals surface area contributed by atoms with Crippen LogP contribution in [-0.4, -0.2) is 12.3 Å². The third-order valence-corrected chi connectivity index (χ3v) is 5.61. The SMILES string of the molecule is Nc1ccc(NC2CCCC2)c(N=Cc2ccc(CCc3ccccc3)cc2)c1. The second kappa shape index (κ2) is 9.42. The second-order valence-electron chi connectivity index (χ2n) is 7.89. The van der Waals surface area contributed by atoms with E-state index in [2.05, 4.69) is 59.9 Å². The number of anilines is 2. The molecule has 0 unspecified atom stereocenters. The topological polar surface area (TPSA) is 50.4 Å². The predicted octanol–water partition coefficient (Wildman–Crippen LogP) is 6.16. The number of nitrogens with zero attached hydrogens (tertiary/aromatic N) is 1. The van der Waals surface area contributed by atoms with Crippen LogP contribution in [0.15, 0.2) is 77.8 Å². The fourth-order valence-corrected chi connectivity index (χ4v) is 3.92. The van der Waals surface area contributed by atoms with E-state index in [0.29, 0.717) is 6.04 Å². The van der Waals surface area contributed by atoms with Crippen molar-refractivity contribution >= 4 is 23.3 Å². The van der Waals surface area contributed by atoms with Gasteiger partial charge in [-0.3, -0.25) is 4.99 Å². The lowest BCUT2D eigenvalue weighted by Crippen LogP contribution is -2.14. The van der Waals surface area contributed by atoms with Crippen molar-refractivity contribution in [2.24, 2.45) is 4.99 Å². The lowest BCUT2D eigenvalue weighted by molar-refractivity contribution is 0.756. The van der Waals surface area contributed by atoms with Gasteiger partial charge in [-0.2, -0.15) is 0 Å². The maximum atomic E-state index is 6.00. The molecule has 4 rings (SSSR count). The molecule has 0 bridgehead atoms. The first-order chi connectivity index (χ1) is 14.3. The van der Waals surface area contributed by atoms with E-state index in [1.165, 1.54) is 36.8 Å². The minimum Gasteiger partial charge on any atom is -0.399 e. The van der Waals surface area contributed by atoms with Crippen LogP contribution in [-0.2, 0) is 12.8 Å². The zero-order valence-electron chi connectivity index (χ0n) is 16.9. The Kier molecular flexibility index (Phi) is 6.25. The highest BCUT2D eigenvalue weighted by molar-refractivity contribution is 5.85. The molecule has 3 heteroatoms. The van der Waals surface area contributed by atoms with Gasteiger partial charge < -0.3 is 11.1 Å². The lowest BCUT2D eigenvalue weighted by Gasteiger charge is -2.15. The summed E-state index contributed by atoms with van der Waals surface area (Å²) in [6, 6.07) is 25.8. The highest BCUT2D eigenvalue weighted by atomic mass is 14.9. The van der Waals surface area contributed by atoms with Crippen molar-refractivity contribution in [1.82, 2.24) is 0 Å². The van der Waals surface area contributed by atoms with Crippen molar-refractivity contribution < 1.29 is 0 Å². The van der Waals surface area contributed by atoms with Crippen LogP contribution >= 0.6 is 0 Å². The summed E-state index contributed by atoms with van der Waals surface area (Å²) in [6.45, 7) is 0. The summed E-state index contributed by atoms with van der Waals surface area (Å²) in [6.07, 6.45) is 9.12. The average molecular weight is 384 g/mol. The van der Waals surface area contributed by atoms with Crippen LogP contribution in [0.3, 0.4) is 0 Å². The Balaban J connectivity index is 1.41. The summed E-state index contributed by atoms with van der Waals surface area (Å²) < 4.78 is 0. The Hall–Kier alpha value is -3.07. The summed E-state index contributed by atoms with van der Waals surface area (Å²) in [7, 11) is 0. The number of aliphatic imine (C=N–C) groups is 1. The number of nitrogens with one attached hydrogen (secondary N) is 1. The first-order valence-corrected chi connectivity index (χ1v) is 10.6. The summed E-state index contributed by atoms with van der Waals surface area (Å²) in [4.78, 5) is 4.74. The van der Waals surface area contributed by atoms with Crippen molar-refractivity contribution in [3.05, 3.63) is 89.5 Å². The maximum Gasteiger partial charge on any atom is 0.0881 e. The van der Waals surface area contributed by atoms with Gasteiger partial charge in [-0.1, -0.05) is 67.4 Å². The molecule has 1 saturated carbocycles. The molecule has 3 aromatic carbocycles. The molecule has 29 heavy (non-hydrogen) atoms. The van der Waals surface area contributed by atoms with E-state index in [0.717, 1.165) is 35.5 Å². The molecular weight excluding hydrogens is 354 g/mol. The lowest BCUT2D eigenvalue weighted by atomic mass is 10.0. The number of nitrogens with two attached hydrogens (primary N) is 1. The van der Waals surface area contributed by atoms with Gasteiger partial charge in [0.1, 0.15) is 0 Å². The molecule has 0 aliphatic heterocycles. The predicted molar refractivity (Wildman–Crippen MR) is 124 cm³/mol. The van der Waals surface area contributed by atoms with Crippen LogP contribution in [0.2, 0.25) is 0 Å². The van der Waals surface area contributed by atoms with Crippen molar-refractivity contribution in [2.45, 2.75) is 44.6 Å². The molecule has 0 saturated heterocycles. The van der Waals surface area contributed by atoms with Gasteiger partial charge in [0, 0.05) is 17.9 Å². The normalized spacial score (nSPS) is 14.5. The zero-order valence-corrected chi connectivity index (χ0v) is 16.9. The van der Waals surface area contributed by atoms with Crippen LogP contribution in [0.5, 0.6) is 0 Å². The van der Waals surface area contributed by atoms with E-state index in [-0.39, 0.29) is 0 Å². The van der Waals surface area contributed by atoms with Gasteiger partial charge in [0.25, 0.3) is 0 Å². The molecule has 148 valence electrons. The van der Waals surface area contributed by atoms with Gasteiger partial charge >= 0.3 is 0 Å². The average Bonchev–Trinajstić information content (AvgIpc) is 3.27. The Bertz CT molecular complexity index is 939. The molecule has 1 aliphatic carbocycles. The van der Waals surface area contributed by atoms with Crippen molar-refractivity contribution in [1.29, 1.82) is 0 Å². The number of benzene rings is 3. The van der Waals surface area contributed by atoms with Crippen LogP contribution < -0.4 is 11.1 Å². The number of hydrogen-bond acceptors (Lipinski definition) is 3. The molecule has 0 aromatic heterocycles. The summed E-state index contributed by atoms with van der Waals surface area (Å²) in [5.74, 6) is 0. The van der Waals surface area contributed by atoms with Crippen molar-refractivity contribution in [3.8, 4) is 0 Å². The molecule has 0 heterocycles. The molecule has 0 radical (unpaired) electrons. The van der Waals surface area contributed by atoms with Gasteiger partial charge in [-0.25, -0.2) is 0 Å². The Morgan fingerprint density at radius 2 is 1.55 bits per heavy atom. The van der Waals surface area contributed by atoms with E-state index in [4.69, 9.17) is 10.7 Å². The van der Waals surface area contributed by atoms with E-state index >= 15 is 0 Å². The van der Waals surface area contributed by atoms with Gasteiger partial charge in [0.05, 0.1) is 11.4 Å². The van der Waals surface area contributed by atoms with Crippen LogP contribution in [0, 0.1) is 0 Å². The summed E-state index contributed by atoms with van der Waals surface area (Å²) in [5.41, 5.74) is 12.5. The van der Waals surface area contributed by atoms with Gasteiger partial charge in [0.2, 0.25) is 0 Å². The van der Waals surface area contributed by atoms with Crippen LogP contribution in [0.25, 0.3) is 0 Å². The molecule has 0 spiro atoms. The van der Waals surface area contributed by atoms with E-state index in [9.17, 15) is 0 Å². The largest absolute Gasteiger partial charge is 0.399 e. The molecule has 3 N–H and O–H groups in total. The van der Waals surface area contributed by atoms with Crippen molar-refractivity contribution in [3.63, 3.8) is 0 Å². The van der Waals surface area contributed by atoms with Crippen molar-refractivity contribution in [2.75, 3.05) is 11.1 Å². The van der Waals surface area contributed by atoms with Gasteiger partial charge in [0.15, 0.2) is 0 Å². The van der Waals surface area contributed by atoms with Gasteiger partial charge in [-0.05, 0) is 60.6 Å². The Labute approximate surface area is 173 Å². The smallest absolute Gasteiger partial charge is 0.0881 e. The number of aryl methyl sites for hydroxylation is 2. The Morgan fingerprint density at radius 3 is 2.28 bits per heavy atom. The van der Waals surface area contributed by atoms with E-state index in [1.807, 2.05) is 24.4 Å². The minimum absolute atomic E-state index is 0.552. The number of hydrogen-bond donors (Lipinski definition) is 2. The number of nitrogen functional groups attached to an aromatic ring is 1. The molecular formula is C26H29N3. The molecule has 0 atom stereocenters. The standard InChI is InChI=1S/C26H29N3/c27-23-16-17-25(29-24-8-4-5-9-24)26(18-23)28-19-22-14-12-21(13-15-22)11-10-20-6-2-1-3-7-20/h1-3,6-7,12-19,24,29H,4-5,8-11,27H2. The Morgan fingerprint density at radius 1 is 0.862 bits per heavy atom. The zero-order chi connectivity index (χ0) is 19.9. The monoisotopic (exact) mass is 383 g/mol. The molecule has 3 nitrogen and oxygen atoms in total. The van der Waals surface area contributed by atoms with E-state index < -0.39 is 0 Å². The van der Waals surface area contributed by atoms with E-state index in [1.54, 1.807) is 0 Å². The molecule has 1 aliphatic rings. The molecule has 3 aromatic rings. The highest BCUT2D eigenvalue weighted by Crippen LogP contribution is 2.31. The third-order valence-electron chi connectivity index (χ3n) is 5.61. The number of rotatable bonds is 7. The fraction of sp³-hybridized carbons (Fsp3) is 0.269. The first kappa shape index (κ1) is 19.3. The summed E-state index contributed by atoms with van der Waals surface area (Å²) >= 11 is 0. The summed E-state index contributed by atoms with van der Waals surface area (Å²) in [5, 5.41) is 3.65. The second-order valence-corrected chi connectivity index (χ2v) is 7.89. The van der Waals surface area contributed by atoms with Crippen LogP contribution in [0.1, 0.15) is 42.4 Å². The highest BCUT2D eigenvalue weighted by Gasteiger charge is 2.15. The third kappa shape index (κ3) is 5.47. The molecule has 0 amide bonds. The maximum absolute atomic E-state index is 6.00. The quantitative estimate of drug-likeness (QED) is 0.379.